The fraction of sp³-hybridized carbons (Fsp3) is 0.612. The lowest BCUT2D eigenvalue weighted by Crippen LogP contribution is -2.65. The Kier molecular flexibility index (Phi) is 14.8. The summed E-state index contributed by atoms with van der Waals surface area (Å²) in [5.41, 5.74) is 2.25. The molecule has 0 unspecified atom stereocenters. The van der Waals surface area contributed by atoms with Crippen molar-refractivity contribution in [3.05, 3.63) is 59.7 Å². The lowest BCUT2D eigenvalue weighted by atomic mass is 9.90. The molecule has 2 saturated carbocycles. The summed E-state index contributed by atoms with van der Waals surface area (Å²) in [5.74, 6) is -3.15. The van der Waals surface area contributed by atoms with Crippen molar-refractivity contribution in [2.24, 2.45) is 5.92 Å². The Hall–Kier alpha value is -5.47. The number of carbonyl (C=O) groups excluding carboxylic acids is 7. The first-order valence-corrected chi connectivity index (χ1v) is 22.9. The number of amides is 6. The molecule has 3 aliphatic carbocycles. The van der Waals surface area contributed by atoms with Gasteiger partial charge < -0.3 is 34.4 Å². The molecule has 1 saturated heterocycles. The van der Waals surface area contributed by atoms with Gasteiger partial charge in [-0.15, -0.1) is 0 Å². The number of nitrogens with zero attached hydrogens (tertiary/aromatic N) is 5. The highest BCUT2D eigenvalue weighted by Crippen LogP contribution is 2.44. The maximum absolute atomic E-state index is 14.9. The molecule has 0 spiro atoms. The summed E-state index contributed by atoms with van der Waals surface area (Å²) in [6, 6.07) is 12.2. The summed E-state index contributed by atoms with van der Waals surface area (Å²) in [7, 11) is 7.71. The third kappa shape index (κ3) is 10.1. The van der Waals surface area contributed by atoms with Gasteiger partial charge >= 0.3 is 12.1 Å². The van der Waals surface area contributed by atoms with Gasteiger partial charge in [-0.05, 0) is 94.4 Å². The molecule has 0 aromatic heterocycles. The first kappa shape index (κ1) is 48.0. The maximum atomic E-state index is 14.9. The SMILES string of the molecule is C[C@@H](C(=O)N1CCC[C@H]1C(=O)NC1(C(=O)N(C)[C@H](C(=O)N(C)[C@@H](CC(=O)OC(C)(C)C)C(=O)N(C)C)C2CCCC2)CCCC1)N(C)C(=O)OCC1c2ccccc2-c2ccccc21. The molecule has 15 heteroatoms. The third-order valence-corrected chi connectivity index (χ3v) is 13.8. The van der Waals surface area contributed by atoms with E-state index in [2.05, 4.69) is 17.4 Å². The second-order valence-electron chi connectivity index (χ2n) is 19.5. The van der Waals surface area contributed by atoms with Crippen molar-refractivity contribution in [3.8, 4) is 11.1 Å². The number of hydrogen-bond donors (Lipinski definition) is 1. The van der Waals surface area contributed by atoms with E-state index in [0.717, 1.165) is 35.1 Å². The lowest BCUT2D eigenvalue weighted by Gasteiger charge is -2.41. The molecule has 64 heavy (non-hydrogen) atoms. The smallest absolute Gasteiger partial charge is 0.410 e. The molecule has 1 heterocycles. The number of hydrogen-bond acceptors (Lipinski definition) is 9. The highest BCUT2D eigenvalue weighted by Gasteiger charge is 2.51. The second-order valence-corrected chi connectivity index (χ2v) is 19.5. The molecule has 348 valence electrons. The zero-order chi connectivity index (χ0) is 46.7. The minimum atomic E-state index is -1.32. The first-order valence-electron chi connectivity index (χ1n) is 22.9. The van der Waals surface area contributed by atoms with E-state index in [1.807, 2.05) is 36.4 Å². The van der Waals surface area contributed by atoms with Gasteiger partial charge in [0.05, 0.1) is 6.42 Å². The van der Waals surface area contributed by atoms with Gasteiger partial charge in [-0.25, -0.2) is 4.79 Å². The number of likely N-dealkylation sites (N-methyl/N-ethyl adjacent to an activating group) is 4. The Labute approximate surface area is 378 Å². The topological polar surface area (TPSA) is 166 Å². The monoisotopic (exact) mass is 885 g/mol. The molecule has 2 aromatic carbocycles. The quantitative estimate of drug-likeness (QED) is 0.247. The van der Waals surface area contributed by atoms with Gasteiger partial charge in [-0.3, -0.25) is 33.7 Å². The molecule has 2 aromatic rings. The molecular weight excluding hydrogens is 817 g/mol. The lowest BCUT2D eigenvalue weighted by molar-refractivity contribution is -0.161. The highest BCUT2D eigenvalue weighted by molar-refractivity contribution is 5.99. The standard InChI is InChI=1S/C49H68N6O9/c1-31(52(7)47(62)63-30-37-35-23-14-12-21-33(35)34-22-13-15-24-36(34)37)43(58)55-28-18-25-38(55)42(57)50-49(26-16-17-27-49)46(61)54(9)41(32-19-10-11-20-32)45(60)53(8)39(44(59)51(5)6)29-40(56)64-48(2,3)4/h12-15,21-24,31-32,37-39,41H,10-11,16-20,25-30H2,1-9H3,(H,50,57)/t31-,38-,39-,41-/m0/s1. The van der Waals surface area contributed by atoms with Crippen molar-refractivity contribution >= 4 is 41.6 Å². The first-order chi connectivity index (χ1) is 30.3. The molecule has 3 fully saturated rings. The predicted molar refractivity (Wildman–Crippen MR) is 241 cm³/mol. The van der Waals surface area contributed by atoms with Crippen molar-refractivity contribution in [1.29, 1.82) is 0 Å². The van der Waals surface area contributed by atoms with E-state index in [4.69, 9.17) is 9.47 Å². The number of esters is 1. The third-order valence-electron chi connectivity index (χ3n) is 13.8. The number of benzene rings is 2. The van der Waals surface area contributed by atoms with Crippen molar-refractivity contribution in [2.45, 2.75) is 140 Å². The van der Waals surface area contributed by atoms with Gasteiger partial charge in [-0.2, -0.15) is 0 Å². The highest BCUT2D eigenvalue weighted by atomic mass is 16.6. The van der Waals surface area contributed by atoms with Crippen LogP contribution in [0.2, 0.25) is 0 Å². The normalized spacial score (nSPS) is 19.5. The van der Waals surface area contributed by atoms with Gasteiger partial charge in [0.1, 0.15) is 41.9 Å². The van der Waals surface area contributed by atoms with Crippen LogP contribution in [0, 0.1) is 5.92 Å². The fourth-order valence-corrected chi connectivity index (χ4v) is 10.3. The van der Waals surface area contributed by atoms with E-state index in [0.29, 0.717) is 57.9 Å². The molecule has 15 nitrogen and oxygen atoms in total. The van der Waals surface area contributed by atoms with E-state index < -0.39 is 76.9 Å². The number of nitrogens with one attached hydrogen (secondary N) is 1. The van der Waals surface area contributed by atoms with Crippen LogP contribution in [0.5, 0.6) is 0 Å². The maximum Gasteiger partial charge on any atom is 0.410 e. The van der Waals surface area contributed by atoms with Gasteiger partial charge in [0, 0.05) is 47.7 Å². The van der Waals surface area contributed by atoms with Crippen LogP contribution in [0.4, 0.5) is 4.79 Å². The number of likely N-dealkylation sites (tertiary alicyclic amines) is 1. The molecule has 0 radical (unpaired) electrons. The Morgan fingerprint density at radius 2 is 1.34 bits per heavy atom. The molecule has 6 rings (SSSR count). The van der Waals surface area contributed by atoms with Gasteiger partial charge in [0.2, 0.25) is 29.5 Å². The van der Waals surface area contributed by atoms with E-state index >= 15 is 0 Å². The van der Waals surface area contributed by atoms with Crippen LogP contribution in [-0.2, 0) is 38.2 Å². The average Bonchev–Trinajstić information content (AvgIpc) is 4.10. The zero-order valence-corrected chi connectivity index (χ0v) is 39.2. The molecule has 1 aliphatic heterocycles. The van der Waals surface area contributed by atoms with E-state index in [1.165, 1.54) is 38.6 Å². The van der Waals surface area contributed by atoms with Crippen molar-refractivity contribution < 1.29 is 43.0 Å². The summed E-state index contributed by atoms with van der Waals surface area (Å²) in [4.78, 5) is 105. The van der Waals surface area contributed by atoms with Crippen LogP contribution in [-0.4, -0.2) is 150 Å². The Morgan fingerprint density at radius 1 is 0.766 bits per heavy atom. The summed E-state index contributed by atoms with van der Waals surface area (Å²) >= 11 is 0. The fourth-order valence-electron chi connectivity index (χ4n) is 10.3. The molecule has 1 N–H and O–H groups in total. The van der Waals surface area contributed by atoms with Crippen molar-refractivity contribution in [3.63, 3.8) is 0 Å². The van der Waals surface area contributed by atoms with Gasteiger partial charge in [-0.1, -0.05) is 74.2 Å². The van der Waals surface area contributed by atoms with E-state index in [9.17, 15) is 33.6 Å². The van der Waals surface area contributed by atoms with E-state index in [1.54, 1.807) is 48.8 Å². The number of rotatable bonds is 14. The van der Waals surface area contributed by atoms with Crippen LogP contribution in [0.15, 0.2) is 48.5 Å². The van der Waals surface area contributed by atoms with Crippen LogP contribution in [0.1, 0.15) is 115 Å². The largest absolute Gasteiger partial charge is 0.460 e. The molecule has 4 aliphatic rings. The number of fused-ring (bicyclic) bond motifs is 3. The summed E-state index contributed by atoms with van der Waals surface area (Å²) in [5, 5.41) is 3.10. The Bertz CT molecular complexity index is 2040. The number of ether oxygens (including phenoxy) is 2. The van der Waals surface area contributed by atoms with Crippen molar-refractivity contribution in [1.82, 2.24) is 29.8 Å². The summed E-state index contributed by atoms with van der Waals surface area (Å²) in [6.45, 7) is 7.22. The molecule has 4 atom stereocenters. The molecule has 0 bridgehead atoms. The van der Waals surface area contributed by atoms with Crippen LogP contribution in [0.3, 0.4) is 0 Å². The van der Waals surface area contributed by atoms with Crippen molar-refractivity contribution in [2.75, 3.05) is 48.4 Å². The van der Waals surface area contributed by atoms with Crippen LogP contribution < -0.4 is 5.32 Å². The minimum Gasteiger partial charge on any atom is -0.460 e. The average molecular weight is 885 g/mol. The minimum absolute atomic E-state index is 0.0990. The summed E-state index contributed by atoms with van der Waals surface area (Å²) < 4.78 is 11.4. The Balaban J connectivity index is 1.14. The Morgan fingerprint density at radius 3 is 1.91 bits per heavy atom. The second kappa shape index (κ2) is 19.7. The zero-order valence-electron chi connectivity index (χ0n) is 39.2. The van der Waals surface area contributed by atoms with Gasteiger partial charge in [0.15, 0.2) is 0 Å². The molecular formula is C49H68N6O9. The number of carbonyl (C=O) groups is 7. The molecule has 6 amide bonds. The summed E-state index contributed by atoms with van der Waals surface area (Å²) in [6.07, 6.45) is 5.13. The van der Waals surface area contributed by atoms with Gasteiger partial charge in [0.25, 0.3) is 0 Å². The predicted octanol–water partition coefficient (Wildman–Crippen LogP) is 5.34. The van der Waals surface area contributed by atoms with E-state index in [-0.39, 0.29) is 24.9 Å². The van der Waals surface area contributed by atoms with Crippen LogP contribution >= 0.6 is 0 Å². The van der Waals surface area contributed by atoms with Crippen LogP contribution in [0.25, 0.3) is 11.1 Å².